The van der Waals surface area contributed by atoms with E-state index < -0.39 is 29.2 Å². The van der Waals surface area contributed by atoms with Crippen LogP contribution < -0.4 is 21.9 Å². The number of hydrogen-bond acceptors (Lipinski definition) is 7. The molecule has 4 heterocycles. The molecule has 0 bridgehead atoms. The van der Waals surface area contributed by atoms with Gasteiger partial charge in [0.15, 0.2) is 5.82 Å². The Morgan fingerprint density at radius 3 is 2.51 bits per heavy atom. The zero-order chi connectivity index (χ0) is 28.4. The molecule has 0 fully saturated rings. The first kappa shape index (κ1) is 35.4. The number of nitrogens with zero attached hydrogens (tertiary/aromatic N) is 4. The summed E-state index contributed by atoms with van der Waals surface area (Å²) in [5, 5.41) is 5.93. The maximum Gasteiger partial charge on any atom is 0.294 e. The molecule has 4 N–H and O–H groups in total. The highest BCUT2D eigenvalue weighted by Crippen LogP contribution is 2.28. The van der Waals surface area contributed by atoms with Gasteiger partial charge in [0.25, 0.3) is 5.56 Å². The minimum atomic E-state index is -0.712. The maximum atomic E-state index is 14.8. The molecule has 3 aromatic heterocycles. The summed E-state index contributed by atoms with van der Waals surface area (Å²) >= 11 is 0. The first-order valence-electron chi connectivity index (χ1n) is 12.9. The number of nitrogen functional groups attached to an aromatic ring is 1. The molecular weight excluding hydrogens is 623 g/mol. The van der Waals surface area contributed by atoms with Crippen LogP contribution in [-0.4, -0.2) is 32.0 Å². The van der Waals surface area contributed by atoms with Crippen LogP contribution in [0, 0.1) is 25.5 Å². The SMILES string of the molecule is Cc1ccc([C@@H](CNc2ncc3n(c2=O)[C@H](C(=O)NCc2ccc(N)nc2C)CC3)c2ccc(F)cc2F)nc1.Cl.Cl.Cl. The van der Waals surface area contributed by atoms with E-state index in [1.165, 1.54) is 16.7 Å². The van der Waals surface area contributed by atoms with Crippen LogP contribution in [-0.2, 0) is 17.8 Å². The minimum Gasteiger partial charge on any atom is -0.384 e. The molecule has 0 unspecified atom stereocenters. The molecule has 14 heteroatoms. The second-order valence-electron chi connectivity index (χ2n) is 9.89. The Morgan fingerprint density at radius 2 is 1.84 bits per heavy atom. The minimum absolute atomic E-state index is 0. The van der Waals surface area contributed by atoms with Gasteiger partial charge in [-0.3, -0.25) is 19.1 Å². The summed E-state index contributed by atoms with van der Waals surface area (Å²) < 4.78 is 29.9. The summed E-state index contributed by atoms with van der Waals surface area (Å²) in [7, 11) is 0. The first-order valence-corrected chi connectivity index (χ1v) is 12.9. The predicted octanol–water partition coefficient (Wildman–Crippen LogP) is 4.82. The Kier molecular flexibility index (Phi) is 12.4. The number of amides is 1. The molecule has 1 aromatic carbocycles. The molecule has 4 aromatic rings. The second-order valence-corrected chi connectivity index (χ2v) is 9.89. The van der Waals surface area contributed by atoms with Crippen molar-refractivity contribution in [1.29, 1.82) is 0 Å². The van der Waals surface area contributed by atoms with Gasteiger partial charge in [0.1, 0.15) is 23.5 Å². The van der Waals surface area contributed by atoms with E-state index in [0.29, 0.717) is 30.0 Å². The Labute approximate surface area is 266 Å². The Bertz CT molecular complexity index is 1640. The van der Waals surface area contributed by atoms with E-state index in [9.17, 15) is 18.4 Å². The number of rotatable bonds is 8. The molecule has 1 aliphatic heterocycles. The predicted molar refractivity (Wildman–Crippen MR) is 168 cm³/mol. The van der Waals surface area contributed by atoms with Crippen molar-refractivity contribution in [2.75, 3.05) is 17.6 Å². The molecule has 0 saturated carbocycles. The number of aromatic nitrogens is 4. The van der Waals surface area contributed by atoms with Gasteiger partial charge in [0, 0.05) is 54.5 Å². The zero-order valence-corrected chi connectivity index (χ0v) is 25.8. The fourth-order valence-electron chi connectivity index (χ4n) is 4.95. The average molecular weight is 655 g/mol. The Hall–Kier alpha value is -3.80. The highest BCUT2D eigenvalue weighted by Gasteiger charge is 2.31. The molecular formula is C29H32Cl3F2N7O2. The van der Waals surface area contributed by atoms with Crippen molar-refractivity contribution in [3.63, 3.8) is 0 Å². The van der Waals surface area contributed by atoms with Crippen LogP contribution in [0.5, 0.6) is 0 Å². The lowest BCUT2D eigenvalue weighted by molar-refractivity contribution is -0.124. The largest absolute Gasteiger partial charge is 0.384 e. The van der Waals surface area contributed by atoms with E-state index in [2.05, 4.69) is 25.6 Å². The molecule has 43 heavy (non-hydrogen) atoms. The van der Waals surface area contributed by atoms with Gasteiger partial charge in [-0.05, 0) is 61.6 Å². The average Bonchev–Trinajstić information content (AvgIpc) is 3.36. The number of fused-ring (bicyclic) bond motifs is 1. The number of nitrogens with two attached hydrogens (primary N) is 1. The number of halogens is 5. The number of pyridine rings is 2. The summed E-state index contributed by atoms with van der Waals surface area (Å²) in [6.07, 6.45) is 4.22. The molecule has 2 atom stereocenters. The standard InChI is InChI=1S/C29H29F2N7O2.3ClH/c1-16-3-8-24(33-12-16)22(21-7-5-19(30)11-23(21)31)15-35-27-29(40)38-20(14-34-27)6-9-25(38)28(39)36-13-18-4-10-26(32)37-17(18)2;;;/h3-5,7-8,10-12,14,22,25H,6,9,13,15H2,1-2H3,(H2,32,37)(H,34,35)(H,36,39);3*1H/t22-,25-;;;/m0.../s1. The van der Waals surface area contributed by atoms with Gasteiger partial charge in [-0.25, -0.2) is 18.7 Å². The van der Waals surface area contributed by atoms with Gasteiger partial charge in [-0.1, -0.05) is 18.2 Å². The summed E-state index contributed by atoms with van der Waals surface area (Å²) in [5.41, 5.74) is 9.18. The fourth-order valence-corrected chi connectivity index (χ4v) is 4.95. The summed E-state index contributed by atoms with van der Waals surface area (Å²) in [5.74, 6) is -1.88. The van der Waals surface area contributed by atoms with Crippen LogP contribution in [0.4, 0.5) is 20.4 Å². The number of carbonyl (C=O) groups excluding carboxylic acids is 1. The number of benzene rings is 1. The number of aryl methyl sites for hydroxylation is 3. The molecule has 0 radical (unpaired) electrons. The molecule has 230 valence electrons. The smallest absolute Gasteiger partial charge is 0.294 e. The third-order valence-corrected chi connectivity index (χ3v) is 7.13. The third-order valence-electron chi connectivity index (χ3n) is 7.13. The van der Waals surface area contributed by atoms with Crippen molar-refractivity contribution in [2.45, 2.75) is 45.2 Å². The molecule has 0 aliphatic carbocycles. The van der Waals surface area contributed by atoms with Crippen LogP contribution in [0.15, 0.2) is 59.7 Å². The van der Waals surface area contributed by atoms with Crippen LogP contribution in [0.25, 0.3) is 0 Å². The molecule has 1 aliphatic rings. The summed E-state index contributed by atoms with van der Waals surface area (Å²) in [6, 6.07) is 9.79. The van der Waals surface area contributed by atoms with Gasteiger partial charge < -0.3 is 16.4 Å². The van der Waals surface area contributed by atoms with Crippen molar-refractivity contribution in [3.8, 4) is 0 Å². The molecule has 9 nitrogen and oxygen atoms in total. The molecule has 0 spiro atoms. The summed E-state index contributed by atoms with van der Waals surface area (Å²) in [6.45, 7) is 4.02. The summed E-state index contributed by atoms with van der Waals surface area (Å²) in [4.78, 5) is 39.5. The number of carbonyl (C=O) groups is 1. The number of nitrogens with one attached hydrogen (secondary N) is 2. The van der Waals surface area contributed by atoms with E-state index in [4.69, 9.17) is 5.73 Å². The number of anilines is 2. The quantitative estimate of drug-likeness (QED) is 0.249. The third kappa shape index (κ3) is 7.78. The topological polar surface area (TPSA) is 128 Å². The zero-order valence-electron chi connectivity index (χ0n) is 23.3. The van der Waals surface area contributed by atoms with Gasteiger partial charge >= 0.3 is 0 Å². The normalized spacial score (nSPS) is 13.9. The highest BCUT2D eigenvalue weighted by atomic mass is 35.5. The van der Waals surface area contributed by atoms with Crippen LogP contribution in [0.1, 0.15) is 52.2 Å². The maximum absolute atomic E-state index is 14.8. The molecule has 1 amide bonds. The van der Waals surface area contributed by atoms with Crippen molar-refractivity contribution in [3.05, 3.63) is 111 Å². The Balaban J connectivity index is 0.00000215. The lowest BCUT2D eigenvalue weighted by Gasteiger charge is -2.20. The van der Waals surface area contributed by atoms with Gasteiger partial charge in [0.05, 0.1) is 0 Å². The highest BCUT2D eigenvalue weighted by molar-refractivity contribution is 5.86. The van der Waals surface area contributed by atoms with Crippen molar-refractivity contribution >= 4 is 54.8 Å². The monoisotopic (exact) mass is 653 g/mol. The van der Waals surface area contributed by atoms with Gasteiger partial charge in [-0.2, -0.15) is 0 Å². The fraction of sp³-hybridized carbons (Fsp3) is 0.276. The van der Waals surface area contributed by atoms with Gasteiger partial charge in [0.2, 0.25) is 5.91 Å². The van der Waals surface area contributed by atoms with E-state index in [-0.39, 0.29) is 67.6 Å². The van der Waals surface area contributed by atoms with E-state index >= 15 is 0 Å². The van der Waals surface area contributed by atoms with E-state index in [1.807, 2.05) is 26.0 Å². The first-order chi connectivity index (χ1) is 19.2. The van der Waals surface area contributed by atoms with Gasteiger partial charge in [-0.15, -0.1) is 37.2 Å². The van der Waals surface area contributed by atoms with Crippen LogP contribution in [0.3, 0.4) is 0 Å². The van der Waals surface area contributed by atoms with Crippen molar-refractivity contribution in [2.24, 2.45) is 0 Å². The Morgan fingerprint density at radius 1 is 1.07 bits per heavy atom. The molecule has 0 saturated heterocycles. The lowest BCUT2D eigenvalue weighted by atomic mass is 9.94. The van der Waals surface area contributed by atoms with Crippen LogP contribution in [0.2, 0.25) is 0 Å². The lowest BCUT2D eigenvalue weighted by Crippen LogP contribution is -2.36. The van der Waals surface area contributed by atoms with Crippen molar-refractivity contribution < 1.29 is 13.6 Å². The van der Waals surface area contributed by atoms with Crippen molar-refractivity contribution in [1.82, 2.24) is 24.8 Å². The van der Waals surface area contributed by atoms with E-state index in [0.717, 1.165) is 22.9 Å². The second kappa shape index (κ2) is 15.1. The molecule has 5 rings (SSSR count). The number of hydrogen-bond donors (Lipinski definition) is 3. The van der Waals surface area contributed by atoms with E-state index in [1.54, 1.807) is 24.5 Å². The van der Waals surface area contributed by atoms with Crippen LogP contribution >= 0.6 is 37.2 Å².